The molecule has 20 heavy (non-hydrogen) atoms. The van der Waals surface area contributed by atoms with Crippen LogP contribution >= 0.6 is 0 Å². The fraction of sp³-hybridized carbons (Fsp3) is 0.429. The fourth-order valence-electron chi connectivity index (χ4n) is 2.45. The average molecular weight is 276 g/mol. The number of benzene rings is 1. The monoisotopic (exact) mass is 276 g/mol. The number of hydrogen-bond acceptors (Lipinski definition) is 4. The van der Waals surface area contributed by atoms with Gasteiger partial charge in [0.05, 0.1) is 13.7 Å². The van der Waals surface area contributed by atoms with E-state index >= 15 is 0 Å². The minimum absolute atomic E-state index is 0.235. The number of aryl methyl sites for hydroxylation is 1. The maximum absolute atomic E-state index is 13.3. The van der Waals surface area contributed by atoms with Crippen molar-refractivity contribution in [2.45, 2.75) is 32.4 Å². The first-order valence-electron chi connectivity index (χ1n) is 6.76. The Morgan fingerprint density at radius 3 is 3.10 bits per heavy atom. The number of methoxy groups -OCH3 is 1. The molecule has 5 nitrogen and oxygen atoms in total. The molecule has 106 valence electrons. The Balaban J connectivity index is 1.72. The van der Waals surface area contributed by atoms with Crippen LogP contribution in [-0.4, -0.2) is 21.9 Å². The summed E-state index contributed by atoms with van der Waals surface area (Å²) in [5.41, 5.74) is 0.802. The lowest BCUT2D eigenvalue weighted by Gasteiger charge is -2.15. The third kappa shape index (κ3) is 2.45. The SMILES string of the molecule is COc1cc(NCc2nnc3n2CCCC3)ccc1F. The number of ether oxygens (including phenoxy) is 1. The molecule has 0 atom stereocenters. The molecule has 6 heteroatoms. The van der Waals surface area contributed by atoms with Crippen LogP contribution in [0.25, 0.3) is 0 Å². The Morgan fingerprint density at radius 1 is 1.35 bits per heavy atom. The maximum Gasteiger partial charge on any atom is 0.165 e. The van der Waals surface area contributed by atoms with Gasteiger partial charge in [-0.15, -0.1) is 10.2 Å². The van der Waals surface area contributed by atoms with Crippen LogP contribution in [0.4, 0.5) is 10.1 Å². The van der Waals surface area contributed by atoms with E-state index in [9.17, 15) is 4.39 Å². The molecule has 0 bridgehead atoms. The van der Waals surface area contributed by atoms with Crippen LogP contribution in [0, 0.1) is 5.82 Å². The molecule has 0 fully saturated rings. The molecular weight excluding hydrogens is 259 g/mol. The summed E-state index contributed by atoms with van der Waals surface area (Å²) in [5, 5.41) is 11.7. The van der Waals surface area contributed by atoms with Crippen molar-refractivity contribution in [1.29, 1.82) is 0 Å². The zero-order chi connectivity index (χ0) is 13.9. The normalized spacial score (nSPS) is 13.9. The molecule has 1 aromatic heterocycles. The van der Waals surface area contributed by atoms with Crippen LogP contribution in [0.1, 0.15) is 24.5 Å². The van der Waals surface area contributed by atoms with Gasteiger partial charge in [-0.2, -0.15) is 0 Å². The molecule has 0 amide bonds. The van der Waals surface area contributed by atoms with Crippen molar-refractivity contribution < 1.29 is 9.13 Å². The van der Waals surface area contributed by atoms with E-state index in [0.717, 1.165) is 30.3 Å². The Labute approximate surface area is 116 Å². The molecule has 2 aromatic rings. The number of nitrogens with one attached hydrogen (secondary N) is 1. The topological polar surface area (TPSA) is 52.0 Å². The molecule has 1 aromatic carbocycles. The summed E-state index contributed by atoms with van der Waals surface area (Å²) in [7, 11) is 1.46. The summed E-state index contributed by atoms with van der Waals surface area (Å²) < 4.78 is 20.5. The molecule has 0 aliphatic carbocycles. The number of halogens is 1. The van der Waals surface area contributed by atoms with Gasteiger partial charge in [0.25, 0.3) is 0 Å². The maximum atomic E-state index is 13.3. The molecule has 1 aliphatic heterocycles. The van der Waals surface area contributed by atoms with Gasteiger partial charge in [0.1, 0.15) is 5.82 Å². The third-order valence-corrected chi connectivity index (χ3v) is 3.54. The van der Waals surface area contributed by atoms with Gasteiger partial charge >= 0.3 is 0 Å². The molecule has 2 heterocycles. The van der Waals surface area contributed by atoms with Gasteiger partial charge in [0.15, 0.2) is 17.4 Å². The van der Waals surface area contributed by atoms with E-state index in [4.69, 9.17) is 4.74 Å². The van der Waals surface area contributed by atoms with E-state index in [-0.39, 0.29) is 11.6 Å². The smallest absolute Gasteiger partial charge is 0.165 e. The van der Waals surface area contributed by atoms with Crippen LogP contribution in [0.5, 0.6) is 5.75 Å². The van der Waals surface area contributed by atoms with Gasteiger partial charge in [0.2, 0.25) is 0 Å². The highest BCUT2D eigenvalue weighted by Gasteiger charge is 2.15. The number of anilines is 1. The Kier molecular flexibility index (Phi) is 3.54. The van der Waals surface area contributed by atoms with E-state index in [1.807, 2.05) is 0 Å². The van der Waals surface area contributed by atoms with Crippen molar-refractivity contribution in [1.82, 2.24) is 14.8 Å². The Bertz CT molecular complexity index is 611. The van der Waals surface area contributed by atoms with Crippen molar-refractivity contribution in [3.8, 4) is 5.75 Å². The van der Waals surface area contributed by atoms with E-state index < -0.39 is 0 Å². The van der Waals surface area contributed by atoms with Crippen molar-refractivity contribution in [2.75, 3.05) is 12.4 Å². The molecule has 3 rings (SSSR count). The summed E-state index contributed by atoms with van der Waals surface area (Å²) in [6.45, 7) is 1.55. The largest absolute Gasteiger partial charge is 0.494 e. The molecule has 0 saturated carbocycles. The van der Waals surface area contributed by atoms with E-state index in [2.05, 4.69) is 20.1 Å². The number of fused-ring (bicyclic) bond motifs is 1. The van der Waals surface area contributed by atoms with Crippen molar-refractivity contribution >= 4 is 5.69 Å². The average Bonchev–Trinajstić information content (AvgIpc) is 2.90. The highest BCUT2D eigenvalue weighted by molar-refractivity contribution is 5.48. The zero-order valence-corrected chi connectivity index (χ0v) is 11.4. The summed E-state index contributed by atoms with van der Waals surface area (Å²) in [6.07, 6.45) is 3.35. The second-order valence-electron chi connectivity index (χ2n) is 4.84. The minimum atomic E-state index is -0.363. The van der Waals surface area contributed by atoms with Gasteiger partial charge in [-0.25, -0.2) is 4.39 Å². The lowest BCUT2D eigenvalue weighted by atomic mass is 10.2. The van der Waals surface area contributed by atoms with Gasteiger partial charge in [0, 0.05) is 24.7 Å². The minimum Gasteiger partial charge on any atom is -0.494 e. The predicted octanol–water partition coefficient (Wildman–Crippen LogP) is 2.37. The predicted molar refractivity (Wildman–Crippen MR) is 73.2 cm³/mol. The Hall–Kier alpha value is -2.11. The van der Waals surface area contributed by atoms with E-state index in [0.29, 0.717) is 6.54 Å². The third-order valence-electron chi connectivity index (χ3n) is 3.54. The molecule has 1 aliphatic rings. The van der Waals surface area contributed by atoms with Gasteiger partial charge in [-0.3, -0.25) is 0 Å². The highest BCUT2D eigenvalue weighted by atomic mass is 19.1. The number of hydrogen-bond donors (Lipinski definition) is 1. The van der Waals surface area contributed by atoms with Crippen LogP contribution in [0.15, 0.2) is 18.2 Å². The highest BCUT2D eigenvalue weighted by Crippen LogP contribution is 2.22. The molecule has 0 radical (unpaired) electrons. The van der Waals surface area contributed by atoms with Crippen molar-refractivity contribution in [2.24, 2.45) is 0 Å². The van der Waals surface area contributed by atoms with Crippen molar-refractivity contribution in [3.63, 3.8) is 0 Å². The lowest BCUT2D eigenvalue weighted by molar-refractivity contribution is 0.387. The van der Waals surface area contributed by atoms with Gasteiger partial charge < -0.3 is 14.6 Å². The summed E-state index contributed by atoms with van der Waals surface area (Å²) in [5.74, 6) is 1.85. The lowest BCUT2D eigenvalue weighted by Crippen LogP contribution is -2.15. The summed E-state index contributed by atoms with van der Waals surface area (Å²) in [6, 6.07) is 4.72. The molecule has 0 spiro atoms. The standard InChI is InChI=1S/C14H17FN4O/c1-20-12-8-10(5-6-11(12)15)16-9-14-18-17-13-4-2-3-7-19(13)14/h5-6,8,16H,2-4,7,9H2,1H3. The van der Waals surface area contributed by atoms with Crippen LogP contribution in [0.3, 0.4) is 0 Å². The van der Waals surface area contributed by atoms with Crippen LogP contribution in [0.2, 0.25) is 0 Å². The molecular formula is C14H17FN4O. The second-order valence-corrected chi connectivity index (χ2v) is 4.84. The zero-order valence-electron chi connectivity index (χ0n) is 11.4. The first-order valence-corrected chi connectivity index (χ1v) is 6.76. The van der Waals surface area contributed by atoms with Crippen molar-refractivity contribution in [3.05, 3.63) is 35.7 Å². The van der Waals surface area contributed by atoms with Crippen LogP contribution in [-0.2, 0) is 19.5 Å². The quantitative estimate of drug-likeness (QED) is 0.931. The molecule has 0 saturated heterocycles. The first kappa shape index (κ1) is 12.9. The fourth-order valence-corrected chi connectivity index (χ4v) is 2.45. The van der Waals surface area contributed by atoms with E-state index in [1.54, 1.807) is 12.1 Å². The Morgan fingerprint density at radius 2 is 2.25 bits per heavy atom. The number of aromatic nitrogens is 3. The second kappa shape index (κ2) is 5.48. The summed E-state index contributed by atoms with van der Waals surface area (Å²) >= 11 is 0. The molecule has 0 unspecified atom stereocenters. The van der Waals surface area contributed by atoms with Crippen LogP contribution < -0.4 is 10.1 Å². The number of nitrogens with zero attached hydrogens (tertiary/aromatic N) is 3. The first-order chi connectivity index (χ1) is 9.78. The molecule has 1 N–H and O–H groups in total. The van der Waals surface area contributed by atoms with E-state index in [1.165, 1.54) is 26.0 Å². The van der Waals surface area contributed by atoms with Gasteiger partial charge in [-0.1, -0.05) is 0 Å². The van der Waals surface area contributed by atoms with Gasteiger partial charge in [-0.05, 0) is 25.0 Å². The summed E-state index contributed by atoms with van der Waals surface area (Å²) in [4.78, 5) is 0. The number of rotatable bonds is 4.